The van der Waals surface area contributed by atoms with Gasteiger partial charge in [-0.25, -0.2) is 0 Å². The maximum Gasteiger partial charge on any atom is 0.231 e. The third-order valence-corrected chi connectivity index (χ3v) is 5.43. The van der Waals surface area contributed by atoms with Crippen molar-refractivity contribution in [2.75, 3.05) is 39.6 Å². The number of piperazine rings is 1. The second-order valence-corrected chi connectivity index (χ2v) is 7.42. The van der Waals surface area contributed by atoms with Crippen LogP contribution in [0.5, 0.6) is 17.2 Å². The maximum atomic E-state index is 12.6. The summed E-state index contributed by atoms with van der Waals surface area (Å²) in [4.78, 5) is 17.0. The van der Waals surface area contributed by atoms with Crippen molar-refractivity contribution >= 4 is 5.91 Å². The molecule has 2 aromatic rings. The van der Waals surface area contributed by atoms with Crippen LogP contribution in [0.25, 0.3) is 0 Å². The summed E-state index contributed by atoms with van der Waals surface area (Å²) in [6.07, 6.45) is 1.25. The van der Waals surface area contributed by atoms with Gasteiger partial charge in [0, 0.05) is 39.1 Å². The van der Waals surface area contributed by atoms with Crippen LogP contribution in [-0.4, -0.2) is 55.3 Å². The van der Waals surface area contributed by atoms with Gasteiger partial charge in [0.2, 0.25) is 12.7 Å². The molecule has 1 saturated heterocycles. The van der Waals surface area contributed by atoms with Gasteiger partial charge in [-0.3, -0.25) is 9.69 Å². The van der Waals surface area contributed by atoms with E-state index in [1.807, 2.05) is 42.2 Å². The van der Waals surface area contributed by atoms with Crippen molar-refractivity contribution in [3.63, 3.8) is 0 Å². The van der Waals surface area contributed by atoms with Gasteiger partial charge in [0.15, 0.2) is 11.5 Å². The van der Waals surface area contributed by atoms with Gasteiger partial charge in [-0.2, -0.15) is 0 Å². The Bertz CT molecular complexity index is 829. The highest BCUT2D eigenvalue weighted by atomic mass is 16.7. The lowest BCUT2D eigenvalue weighted by atomic mass is 10.1. The Balaban J connectivity index is 1.21. The number of amides is 1. The van der Waals surface area contributed by atoms with E-state index >= 15 is 0 Å². The highest BCUT2D eigenvalue weighted by Gasteiger charge is 2.21. The van der Waals surface area contributed by atoms with E-state index in [1.54, 1.807) is 0 Å². The number of benzene rings is 2. The quantitative estimate of drug-likeness (QED) is 0.720. The first kappa shape index (κ1) is 19.6. The van der Waals surface area contributed by atoms with Crippen LogP contribution in [0.2, 0.25) is 0 Å². The smallest absolute Gasteiger partial charge is 0.231 e. The minimum Gasteiger partial charge on any atom is -0.494 e. The van der Waals surface area contributed by atoms with Crippen LogP contribution in [-0.2, 0) is 17.8 Å². The third-order valence-electron chi connectivity index (χ3n) is 5.43. The molecule has 29 heavy (non-hydrogen) atoms. The van der Waals surface area contributed by atoms with Crippen molar-refractivity contribution in [2.24, 2.45) is 0 Å². The lowest BCUT2D eigenvalue weighted by molar-refractivity contribution is -0.133. The van der Waals surface area contributed by atoms with Crippen LogP contribution in [0.3, 0.4) is 0 Å². The molecule has 0 atom stereocenters. The first-order valence-electron chi connectivity index (χ1n) is 10.3. The molecule has 2 heterocycles. The zero-order chi connectivity index (χ0) is 20.1. The molecule has 4 rings (SSSR count). The number of hydrogen-bond acceptors (Lipinski definition) is 5. The normalized spacial score (nSPS) is 16.1. The molecule has 0 bridgehead atoms. The number of aryl methyl sites for hydroxylation is 1. The van der Waals surface area contributed by atoms with E-state index in [4.69, 9.17) is 14.2 Å². The van der Waals surface area contributed by atoms with E-state index < -0.39 is 0 Å². The second kappa shape index (κ2) is 9.18. The standard InChI is InChI=1S/C23H28N2O4/c1-2-27-20-7-3-19(4-8-20)16-24-11-13-25(14-12-24)23(26)10-6-18-5-9-21-22(15-18)29-17-28-21/h3-5,7-9,15H,2,6,10-14,16-17H2,1H3. The van der Waals surface area contributed by atoms with E-state index in [2.05, 4.69) is 17.0 Å². The first-order chi connectivity index (χ1) is 14.2. The molecule has 0 aromatic heterocycles. The fraction of sp³-hybridized carbons (Fsp3) is 0.435. The first-order valence-corrected chi connectivity index (χ1v) is 10.3. The summed E-state index contributed by atoms with van der Waals surface area (Å²) in [6.45, 7) is 7.25. The molecule has 6 heteroatoms. The summed E-state index contributed by atoms with van der Waals surface area (Å²) in [5, 5.41) is 0. The summed E-state index contributed by atoms with van der Waals surface area (Å²) in [5.41, 5.74) is 2.38. The van der Waals surface area contributed by atoms with E-state index in [0.29, 0.717) is 13.0 Å². The van der Waals surface area contributed by atoms with E-state index in [1.165, 1.54) is 5.56 Å². The predicted octanol–water partition coefficient (Wildman–Crippen LogP) is 3.09. The average molecular weight is 396 g/mol. The van der Waals surface area contributed by atoms with Gasteiger partial charge >= 0.3 is 0 Å². The Morgan fingerprint density at radius 3 is 2.45 bits per heavy atom. The molecule has 2 aromatic carbocycles. The number of ether oxygens (including phenoxy) is 3. The van der Waals surface area contributed by atoms with Crippen LogP contribution in [0, 0.1) is 0 Å². The molecule has 1 fully saturated rings. The highest BCUT2D eigenvalue weighted by molar-refractivity contribution is 5.76. The minimum atomic E-state index is 0.225. The topological polar surface area (TPSA) is 51.2 Å². The number of hydrogen-bond donors (Lipinski definition) is 0. The Morgan fingerprint density at radius 2 is 1.69 bits per heavy atom. The van der Waals surface area contributed by atoms with Crippen molar-refractivity contribution in [3.05, 3.63) is 53.6 Å². The van der Waals surface area contributed by atoms with Crippen LogP contribution in [0.1, 0.15) is 24.5 Å². The Hall–Kier alpha value is -2.73. The Morgan fingerprint density at radius 1 is 0.966 bits per heavy atom. The monoisotopic (exact) mass is 396 g/mol. The maximum absolute atomic E-state index is 12.6. The molecule has 0 unspecified atom stereocenters. The van der Waals surface area contributed by atoms with E-state index in [9.17, 15) is 4.79 Å². The largest absolute Gasteiger partial charge is 0.494 e. The van der Waals surface area contributed by atoms with Crippen LogP contribution in [0.15, 0.2) is 42.5 Å². The molecular formula is C23H28N2O4. The van der Waals surface area contributed by atoms with Gasteiger partial charge in [0.1, 0.15) is 5.75 Å². The van der Waals surface area contributed by atoms with Crippen molar-refractivity contribution < 1.29 is 19.0 Å². The molecular weight excluding hydrogens is 368 g/mol. The molecule has 0 N–H and O–H groups in total. The van der Waals surface area contributed by atoms with Gasteiger partial charge in [0.25, 0.3) is 0 Å². The van der Waals surface area contributed by atoms with Gasteiger partial charge in [-0.15, -0.1) is 0 Å². The average Bonchev–Trinajstić information content (AvgIpc) is 3.22. The second-order valence-electron chi connectivity index (χ2n) is 7.42. The Kier molecular flexibility index (Phi) is 6.20. The molecule has 2 aliphatic heterocycles. The summed E-state index contributed by atoms with van der Waals surface area (Å²) in [7, 11) is 0. The Labute approximate surface area is 172 Å². The minimum absolute atomic E-state index is 0.225. The van der Waals surface area contributed by atoms with Crippen LogP contribution < -0.4 is 14.2 Å². The number of nitrogens with zero attached hydrogens (tertiary/aromatic N) is 2. The fourth-order valence-corrected chi connectivity index (χ4v) is 3.78. The molecule has 2 aliphatic rings. The number of rotatable bonds is 7. The molecule has 0 saturated carbocycles. The highest BCUT2D eigenvalue weighted by Crippen LogP contribution is 2.32. The van der Waals surface area contributed by atoms with E-state index in [-0.39, 0.29) is 12.7 Å². The van der Waals surface area contributed by atoms with Crippen LogP contribution in [0.4, 0.5) is 0 Å². The summed E-state index contributed by atoms with van der Waals surface area (Å²) in [5.74, 6) is 2.69. The lowest BCUT2D eigenvalue weighted by Gasteiger charge is -2.35. The van der Waals surface area contributed by atoms with Crippen molar-refractivity contribution in [1.29, 1.82) is 0 Å². The fourth-order valence-electron chi connectivity index (χ4n) is 3.78. The number of fused-ring (bicyclic) bond motifs is 1. The zero-order valence-corrected chi connectivity index (χ0v) is 16.9. The van der Waals surface area contributed by atoms with Gasteiger partial charge < -0.3 is 19.1 Å². The van der Waals surface area contributed by atoms with Gasteiger partial charge in [-0.1, -0.05) is 18.2 Å². The third kappa shape index (κ3) is 5.01. The number of carbonyl (C=O) groups is 1. The SMILES string of the molecule is CCOc1ccc(CN2CCN(C(=O)CCc3ccc4c(c3)OCO4)CC2)cc1. The van der Waals surface area contributed by atoms with Crippen molar-refractivity contribution in [2.45, 2.75) is 26.3 Å². The molecule has 6 nitrogen and oxygen atoms in total. The number of carbonyl (C=O) groups excluding carboxylic acids is 1. The van der Waals surface area contributed by atoms with E-state index in [0.717, 1.165) is 62.0 Å². The van der Waals surface area contributed by atoms with Gasteiger partial charge in [-0.05, 0) is 48.7 Å². The summed E-state index contributed by atoms with van der Waals surface area (Å²) >= 11 is 0. The molecule has 0 spiro atoms. The molecule has 0 radical (unpaired) electrons. The lowest BCUT2D eigenvalue weighted by Crippen LogP contribution is -2.48. The van der Waals surface area contributed by atoms with Crippen molar-refractivity contribution in [3.8, 4) is 17.2 Å². The summed E-state index contributed by atoms with van der Waals surface area (Å²) < 4.78 is 16.2. The molecule has 1 amide bonds. The zero-order valence-electron chi connectivity index (χ0n) is 16.9. The molecule has 154 valence electrons. The molecule has 0 aliphatic carbocycles. The predicted molar refractivity (Wildman–Crippen MR) is 110 cm³/mol. The van der Waals surface area contributed by atoms with Gasteiger partial charge in [0.05, 0.1) is 6.61 Å². The van der Waals surface area contributed by atoms with Crippen LogP contribution >= 0.6 is 0 Å². The van der Waals surface area contributed by atoms with Crippen molar-refractivity contribution in [1.82, 2.24) is 9.80 Å². The summed E-state index contributed by atoms with van der Waals surface area (Å²) in [6, 6.07) is 14.2.